The minimum atomic E-state index is -1.07. The fourth-order valence-electron chi connectivity index (χ4n) is 1.06. The van der Waals surface area contributed by atoms with Crippen molar-refractivity contribution in [2.75, 3.05) is 0 Å². The molecule has 0 atom stereocenters. The van der Waals surface area contributed by atoms with Crippen molar-refractivity contribution < 1.29 is 9.90 Å². The van der Waals surface area contributed by atoms with Crippen molar-refractivity contribution in [3.63, 3.8) is 0 Å². The number of rotatable bonds is 2. The quantitative estimate of drug-likeness (QED) is 0.855. The maximum Gasteiger partial charge on any atom is 0.355 e. The van der Waals surface area contributed by atoms with Crippen LogP contribution in [0.3, 0.4) is 0 Å². The lowest BCUT2D eigenvalue weighted by Gasteiger charge is -1.97. The third-order valence-corrected chi connectivity index (χ3v) is 2.98. The van der Waals surface area contributed by atoms with Crippen LogP contribution < -0.4 is 0 Å². The fraction of sp³-hybridized carbons (Fsp3) is 0. The summed E-state index contributed by atoms with van der Waals surface area (Å²) in [6.45, 7) is 0. The van der Waals surface area contributed by atoms with Crippen molar-refractivity contribution in [3.8, 4) is 10.7 Å². The molecule has 2 aromatic rings. The number of aromatic nitrogens is 2. The number of nitrogens with zero attached hydrogens (tertiary/aromatic N) is 2. The molecule has 4 nitrogen and oxygen atoms in total. The molecule has 7 heteroatoms. The molecular weight excluding hydrogens is 271 g/mol. The normalized spacial score (nSPS) is 10.4. The molecule has 0 radical (unpaired) electrons. The van der Waals surface area contributed by atoms with Gasteiger partial charge in [0.2, 0.25) is 0 Å². The first kappa shape index (κ1) is 11.3. The zero-order valence-corrected chi connectivity index (χ0v) is 9.97. The second-order valence-electron chi connectivity index (χ2n) is 2.84. The Balaban J connectivity index is 2.46. The molecule has 1 N–H and O–H groups in total. The Labute approximate surface area is 104 Å². The summed E-state index contributed by atoms with van der Waals surface area (Å²) in [6.07, 6.45) is 0. The first-order chi connectivity index (χ1) is 7.56. The minimum Gasteiger partial charge on any atom is -0.476 e. The minimum absolute atomic E-state index is 0.0158. The Morgan fingerprint density at radius 1 is 1.31 bits per heavy atom. The lowest BCUT2D eigenvalue weighted by atomic mass is 10.3. The van der Waals surface area contributed by atoms with Gasteiger partial charge in [-0.3, -0.25) is 0 Å². The van der Waals surface area contributed by atoms with Crippen LogP contribution >= 0.6 is 34.5 Å². The smallest absolute Gasteiger partial charge is 0.355 e. The van der Waals surface area contributed by atoms with E-state index in [9.17, 15) is 4.79 Å². The first-order valence-electron chi connectivity index (χ1n) is 4.08. The number of hydrogen-bond donors (Lipinski definition) is 1. The van der Waals surface area contributed by atoms with Crippen LogP contribution in [0.15, 0.2) is 17.5 Å². The summed E-state index contributed by atoms with van der Waals surface area (Å²) in [5.74, 6) is -1.07. The molecular formula is C9H4Cl2N2O2S. The molecule has 16 heavy (non-hydrogen) atoms. The van der Waals surface area contributed by atoms with Crippen LogP contribution in [0.5, 0.6) is 0 Å². The summed E-state index contributed by atoms with van der Waals surface area (Å²) >= 11 is 12.7. The van der Waals surface area contributed by atoms with E-state index in [1.165, 1.54) is 22.8 Å². The van der Waals surface area contributed by atoms with Crippen molar-refractivity contribution in [2.24, 2.45) is 0 Å². The second-order valence-corrected chi connectivity index (χ2v) is 4.52. The van der Waals surface area contributed by atoms with Crippen molar-refractivity contribution in [2.45, 2.75) is 0 Å². The number of hydrogen-bond acceptors (Lipinski definition) is 4. The molecule has 0 aliphatic heterocycles. The number of thiazole rings is 1. The van der Waals surface area contributed by atoms with Gasteiger partial charge in [-0.05, 0) is 12.1 Å². The van der Waals surface area contributed by atoms with E-state index in [4.69, 9.17) is 28.3 Å². The van der Waals surface area contributed by atoms with Gasteiger partial charge in [-0.2, -0.15) is 0 Å². The lowest BCUT2D eigenvalue weighted by molar-refractivity contribution is 0.0691. The molecule has 0 saturated carbocycles. The third-order valence-electron chi connectivity index (χ3n) is 1.70. The van der Waals surface area contributed by atoms with Crippen LogP contribution in [0.1, 0.15) is 10.5 Å². The third kappa shape index (κ3) is 2.32. The largest absolute Gasteiger partial charge is 0.476 e. The second kappa shape index (κ2) is 4.37. The zero-order chi connectivity index (χ0) is 11.7. The van der Waals surface area contributed by atoms with Gasteiger partial charge in [-0.1, -0.05) is 23.2 Å². The van der Waals surface area contributed by atoms with Gasteiger partial charge in [0.05, 0.1) is 0 Å². The summed E-state index contributed by atoms with van der Waals surface area (Å²) in [5, 5.41) is 11.3. The van der Waals surface area contributed by atoms with Gasteiger partial charge in [0, 0.05) is 10.4 Å². The number of carboxylic acid groups (broad SMARTS) is 1. The molecule has 0 aliphatic rings. The number of pyridine rings is 1. The number of aromatic carboxylic acids is 1. The number of carbonyl (C=O) groups is 1. The fourth-order valence-corrected chi connectivity index (χ4v) is 2.29. The van der Waals surface area contributed by atoms with E-state index in [0.717, 1.165) is 0 Å². The van der Waals surface area contributed by atoms with Gasteiger partial charge in [0.25, 0.3) is 0 Å². The summed E-state index contributed by atoms with van der Waals surface area (Å²) in [6, 6.07) is 3.08. The first-order valence-corrected chi connectivity index (χ1v) is 5.72. The highest BCUT2D eigenvalue weighted by Gasteiger charge is 2.11. The summed E-state index contributed by atoms with van der Waals surface area (Å²) in [5.41, 5.74) is 0.452. The van der Waals surface area contributed by atoms with E-state index in [-0.39, 0.29) is 10.8 Å². The summed E-state index contributed by atoms with van der Waals surface area (Å²) in [4.78, 5) is 18.6. The molecule has 0 aliphatic carbocycles. The molecule has 0 unspecified atom stereocenters. The van der Waals surface area contributed by atoms with E-state index in [0.29, 0.717) is 15.7 Å². The Morgan fingerprint density at radius 3 is 2.62 bits per heavy atom. The number of halogens is 2. The van der Waals surface area contributed by atoms with Gasteiger partial charge >= 0.3 is 5.97 Å². The molecule has 0 aromatic carbocycles. The highest BCUT2D eigenvalue weighted by molar-refractivity contribution is 7.13. The van der Waals surface area contributed by atoms with Crippen LogP contribution in [0.4, 0.5) is 0 Å². The Kier molecular flexibility index (Phi) is 3.09. The molecule has 0 spiro atoms. The molecule has 2 heterocycles. The van der Waals surface area contributed by atoms with Crippen LogP contribution in [-0.2, 0) is 0 Å². The van der Waals surface area contributed by atoms with E-state index in [1.54, 1.807) is 6.07 Å². The molecule has 0 bridgehead atoms. The monoisotopic (exact) mass is 274 g/mol. The van der Waals surface area contributed by atoms with Crippen molar-refractivity contribution >= 4 is 40.5 Å². The topological polar surface area (TPSA) is 63.1 Å². The van der Waals surface area contributed by atoms with Crippen LogP contribution in [-0.4, -0.2) is 21.0 Å². The average Bonchev–Trinajstić information content (AvgIpc) is 2.64. The van der Waals surface area contributed by atoms with Gasteiger partial charge in [0.1, 0.15) is 15.9 Å². The van der Waals surface area contributed by atoms with Crippen LogP contribution in [0.2, 0.25) is 10.2 Å². The van der Waals surface area contributed by atoms with Gasteiger partial charge in [-0.25, -0.2) is 14.8 Å². The molecule has 0 amide bonds. The standard InChI is InChI=1S/C9H4Cl2N2O2S/c10-4-1-5(12-7(11)2-4)8-13-6(3-16-8)9(14)15/h1-3H,(H,14,15). The highest BCUT2D eigenvalue weighted by Crippen LogP contribution is 2.26. The predicted molar refractivity (Wildman–Crippen MR) is 62.3 cm³/mol. The van der Waals surface area contributed by atoms with Crippen molar-refractivity contribution in [1.82, 2.24) is 9.97 Å². The maximum absolute atomic E-state index is 10.7. The Hall–Kier alpha value is -1.17. The average molecular weight is 275 g/mol. The zero-order valence-electron chi connectivity index (χ0n) is 7.65. The molecule has 0 saturated heterocycles. The van der Waals surface area contributed by atoms with E-state index >= 15 is 0 Å². The van der Waals surface area contributed by atoms with Gasteiger partial charge in [0.15, 0.2) is 5.69 Å². The molecule has 2 rings (SSSR count). The number of carboxylic acids is 1. The summed E-state index contributed by atoms with van der Waals surface area (Å²) in [7, 11) is 0. The molecule has 0 fully saturated rings. The van der Waals surface area contributed by atoms with Crippen molar-refractivity contribution in [3.05, 3.63) is 33.4 Å². The van der Waals surface area contributed by atoms with Crippen LogP contribution in [0.25, 0.3) is 10.7 Å². The predicted octanol–water partition coefficient (Wildman–Crippen LogP) is 3.21. The molecule has 2 aromatic heterocycles. The lowest BCUT2D eigenvalue weighted by Crippen LogP contribution is -1.95. The Morgan fingerprint density at radius 2 is 2.06 bits per heavy atom. The van der Waals surface area contributed by atoms with Gasteiger partial charge < -0.3 is 5.11 Å². The maximum atomic E-state index is 10.7. The van der Waals surface area contributed by atoms with Crippen LogP contribution in [0, 0.1) is 0 Å². The van der Waals surface area contributed by atoms with E-state index in [2.05, 4.69) is 9.97 Å². The van der Waals surface area contributed by atoms with E-state index < -0.39 is 5.97 Å². The SMILES string of the molecule is O=C(O)c1csc(-c2cc(Cl)cc(Cl)n2)n1. The summed E-state index contributed by atoms with van der Waals surface area (Å²) < 4.78 is 0. The van der Waals surface area contributed by atoms with Crippen molar-refractivity contribution in [1.29, 1.82) is 0 Å². The molecule has 82 valence electrons. The Bertz CT molecular complexity index is 536. The van der Waals surface area contributed by atoms with E-state index in [1.807, 2.05) is 0 Å². The highest BCUT2D eigenvalue weighted by atomic mass is 35.5. The van der Waals surface area contributed by atoms with Gasteiger partial charge in [-0.15, -0.1) is 11.3 Å².